The van der Waals surface area contributed by atoms with E-state index in [1.807, 2.05) is 31.2 Å². The van der Waals surface area contributed by atoms with Gasteiger partial charge in [0.1, 0.15) is 5.69 Å². The van der Waals surface area contributed by atoms with Gasteiger partial charge in [0.05, 0.1) is 27.3 Å². The van der Waals surface area contributed by atoms with Crippen LogP contribution < -0.4 is 5.43 Å². The second kappa shape index (κ2) is 6.63. The number of nitro benzene ring substituents is 2. The number of nitro groups is 2. The molecule has 3 aromatic rings. The van der Waals surface area contributed by atoms with Crippen molar-refractivity contribution >= 4 is 33.7 Å². The number of H-pyrrole nitrogens is 1. The molecule has 0 aliphatic rings. The zero-order valence-corrected chi connectivity index (χ0v) is 14.0. The molecule has 2 N–H and O–H groups in total. The highest BCUT2D eigenvalue weighted by molar-refractivity contribution is 6.04. The van der Waals surface area contributed by atoms with Gasteiger partial charge in [0.15, 0.2) is 0 Å². The van der Waals surface area contributed by atoms with Gasteiger partial charge in [0.25, 0.3) is 5.69 Å². The van der Waals surface area contributed by atoms with Crippen molar-refractivity contribution in [1.29, 1.82) is 0 Å². The number of hydrogen-bond acceptors (Lipinski definition) is 6. The molecular weight excluding hydrogens is 338 g/mol. The number of benzene rings is 2. The van der Waals surface area contributed by atoms with Crippen LogP contribution in [-0.4, -0.2) is 20.5 Å². The lowest BCUT2D eigenvalue weighted by atomic mass is 10.1. The Morgan fingerprint density at radius 3 is 2.50 bits per heavy atom. The summed E-state index contributed by atoms with van der Waals surface area (Å²) in [6.45, 7) is 3.73. The number of rotatable bonds is 5. The number of aromatic amines is 1. The molecule has 0 bridgehead atoms. The standard InChI is InChI=1S/C17H15N5O4/c1-10-13-5-3-4-6-14(13)18-17(10)11(2)19-20-15-8-7-12(21(23)24)9-16(15)22(25)26/h3-9,18,20H,1-2H3. The van der Waals surface area contributed by atoms with Crippen LogP contribution in [0.3, 0.4) is 0 Å². The third-order valence-electron chi connectivity index (χ3n) is 4.06. The first-order valence-electron chi connectivity index (χ1n) is 7.69. The Morgan fingerprint density at radius 1 is 1.12 bits per heavy atom. The molecule has 0 unspecified atom stereocenters. The van der Waals surface area contributed by atoms with Gasteiger partial charge in [0.2, 0.25) is 0 Å². The van der Waals surface area contributed by atoms with Crippen molar-refractivity contribution in [3.05, 3.63) is 74.0 Å². The van der Waals surface area contributed by atoms with Crippen LogP contribution in [-0.2, 0) is 0 Å². The molecule has 9 heteroatoms. The summed E-state index contributed by atoms with van der Waals surface area (Å²) in [5, 5.41) is 27.2. The van der Waals surface area contributed by atoms with Crippen LogP contribution in [0.15, 0.2) is 47.6 Å². The summed E-state index contributed by atoms with van der Waals surface area (Å²) in [5.41, 5.74) is 5.34. The molecule has 3 rings (SSSR count). The van der Waals surface area contributed by atoms with E-state index in [0.717, 1.165) is 28.2 Å². The van der Waals surface area contributed by atoms with Crippen molar-refractivity contribution in [2.45, 2.75) is 13.8 Å². The van der Waals surface area contributed by atoms with Crippen LogP contribution in [0, 0.1) is 27.2 Å². The molecule has 0 amide bonds. The Morgan fingerprint density at radius 2 is 1.85 bits per heavy atom. The number of anilines is 1. The van der Waals surface area contributed by atoms with E-state index in [9.17, 15) is 20.2 Å². The topological polar surface area (TPSA) is 126 Å². The van der Waals surface area contributed by atoms with Crippen molar-refractivity contribution in [3.8, 4) is 0 Å². The minimum Gasteiger partial charge on any atom is -0.353 e. The number of hydrogen-bond donors (Lipinski definition) is 2. The molecule has 0 atom stereocenters. The maximum absolute atomic E-state index is 11.2. The van der Waals surface area contributed by atoms with E-state index in [2.05, 4.69) is 15.5 Å². The van der Waals surface area contributed by atoms with Gasteiger partial charge in [0, 0.05) is 17.0 Å². The fraction of sp³-hybridized carbons (Fsp3) is 0.118. The van der Waals surface area contributed by atoms with Crippen molar-refractivity contribution in [2.75, 3.05) is 5.43 Å². The third-order valence-corrected chi connectivity index (χ3v) is 4.06. The first-order valence-corrected chi connectivity index (χ1v) is 7.69. The van der Waals surface area contributed by atoms with E-state index < -0.39 is 15.5 Å². The average molecular weight is 353 g/mol. The number of para-hydroxylation sites is 1. The smallest absolute Gasteiger partial charge is 0.301 e. The maximum atomic E-state index is 11.2. The molecule has 9 nitrogen and oxygen atoms in total. The molecule has 26 heavy (non-hydrogen) atoms. The SMILES string of the molecule is CC(=NNc1ccc([N+](=O)[O-])cc1[N+](=O)[O-])c1[nH]c2ccccc2c1C. The summed E-state index contributed by atoms with van der Waals surface area (Å²) in [4.78, 5) is 23.9. The van der Waals surface area contributed by atoms with Crippen LogP contribution in [0.2, 0.25) is 0 Å². The molecule has 0 radical (unpaired) electrons. The van der Waals surface area contributed by atoms with Crippen molar-refractivity contribution in [1.82, 2.24) is 4.98 Å². The summed E-state index contributed by atoms with van der Waals surface area (Å²) < 4.78 is 0. The highest BCUT2D eigenvalue weighted by atomic mass is 16.6. The monoisotopic (exact) mass is 353 g/mol. The summed E-state index contributed by atoms with van der Waals surface area (Å²) in [6.07, 6.45) is 0. The largest absolute Gasteiger partial charge is 0.353 e. The molecule has 132 valence electrons. The van der Waals surface area contributed by atoms with Gasteiger partial charge in [-0.1, -0.05) is 18.2 Å². The minimum atomic E-state index is -0.686. The van der Waals surface area contributed by atoms with E-state index in [1.54, 1.807) is 6.92 Å². The fourth-order valence-corrected chi connectivity index (χ4v) is 2.72. The molecular formula is C17H15N5O4. The molecule has 0 saturated carbocycles. The lowest BCUT2D eigenvalue weighted by Gasteiger charge is -2.04. The zero-order valence-electron chi connectivity index (χ0n) is 14.0. The second-order valence-corrected chi connectivity index (χ2v) is 5.70. The summed E-state index contributed by atoms with van der Waals surface area (Å²) in [6, 6.07) is 11.2. The Hall–Kier alpha value is -3.75. The predicted octanol–water partition coefficient (Wildman–Crippen LogP) is 4.13. The molecule has 1 heterocycles. The van der Waals surface area contributed by atoms with Crippen molar-refractivity contribution in [3.63, 3.8) is 0 Å². The molecule has 0 aliphatic heterocycles. The lowest BCUT2D eigenvalue weighted by molar-refractivity contribution is -0.393. The highest BCUT2D eigenvalue weighted by Crippen LogP contribution is 2.29. The van der Waals surface area contributed by atoms with Crippen LogP contribution in [0.5, 0.6) is 0 Å². The number of aromatic nitrogens is 1. The summed E-state index contributed by atoms with van der Waals surface area (Å²) in [5.74, 6) is 0. The van der Waals surface area contributed by atoms with Crippen LogP contribution >= 0.6 is 0 Å². The molecule has 0 saturated heterocycles. The van der Waals surface area contributed by atoms with Crippen LogP contribution in [0.1, 0.15) is 18.2 Å². The molecule has 1 aromatic heterocycles. The van der Waals surface area contributed by atoms with E-state index in [-0.39, 0.29) is 11.4 Å². The Bertz CT molecular complexity index is 1050. The minimum absolute atomic E-state index is 0.0775. The lowest BCUT2D eigenvalue weighted by Crippen LogP contribution is -2.03. The van der Waals surface area contributed by atoms with Crippen molar-refractivity contribution < 1.29 is 9.85 Å². The van der Waals surface area contributed by atoms with E-state index in [1.165, 1.54) is 12.1 Å². The quantitative estimate of drug-likeness (QED) is 0.405. The van der Waals surface area contributed by atoms with Crippen LogP contribution in [0.4, 0.5) is 17.1 Å². The molecule has 0 aliphatic carbocycles. The number of fused-ring (bicyclic) bond motifs is 1. The van der Waals surface area contributed by atoms with Crippen molar-refractivity contribution in [2.24, 2.45) is 5.10 Å². The van der Waals surface area contributed by atoms with E-state index >= 15 is 0 Å². The predicted molar refractivity (Wildman–Crippen MR) is 98.6 cm³/mol. The Balaban J connectivity index is 1.94. The van der Waals surface area contributed by atoms with Gasteiger partial charge < -0.3 is 4.98 Å². The average Bonchev–Trinajstić information content (AvgIpc) is 2.96. The fourth-order valence-electron chi connectivity index (χ4n) is 2.72. The number of nitrogens with zero attached hydrogens (tertiary/aromatic N) is 3. The molecule has 2 aromatic carbocycles. The Kier molecular flexibility index (Phi) is 4.36. The first-order chi connectivity index (χ1) is 12.4. The summed E-state index contributed by atoms with van der Waals surface area (Å²) in [7, 11) is 0. The summed E-state index contributed by atoms with van der Waals surface area (Å²) >= 11 is 0. The molecule has 0 spiro atoms. The van der Waals surface area contributed by atoms with E-state index in [4.69, 9.17) is 0 Å². The maximum Gasteiger partial charge on any atom is 0.301 e. The first kappa shape index (κ1) is 17.1. The van der Waals surface area contributed by atoms with Crippen LogP contribution in [0.25, 0.3) is 10.9 Å². The number of hydrazone groups is 1. The van der Waals surface area contributed by atoms with Gasteiger partial charge in [-0.25, -0.2) is 0 Å². The van der Waals surface area contributed by atoms with E-state index in [0.29, 0.717) is 5.71 Å². The van der Waals surface area contributed by atoms with Gasteiger partial charge in [-0.2, -0.15) is 5.10 Å². The zero-order chi connectivity index (χ0) is 18.8. The highest BCUT2D eigenvalue weighted by Gasteiger charge is 2.19. The normalized spacial score (nSPS) is 11.5. The van der Waals surface area contributed by atoms with Gasteiger partial charge in [-0.05, 0) is 31.5 Å². The third kappa shape index (κ3) is 3.09. The Labute approximate surface area is 147 Å². The number of nitrogens with one attached hydrogen (secondary N) is 2. The van der Waals surface area contributed by atoms with Gasteiger partial charge in [-0.3, -0.25) is 25.7 Å². The molecule has 0 fully saturated rings. The van der Waals surface area contributed by atoms with Gasteiger partial charge in [-0.15, -0.1) is 0 Å². The second-order valence-electron chi connectivity index (χ2n) is 5.70. The number of non-ortho nitro benzene ring substituents is 1. The number of aryl methyl sites for hydroxylation is 1. The van der Waals surface area contributed by atoms with Gasteiger partial charge >= 0.3 is 5.69 Å².